The average Bonchev–Trinajstić information content (AvgIpc) is 2.28. The van der Waals surface area contributed by atoms with E-state index >= 15 is 0 Å². The van der Waals surface area contributed by atoms with Crippen molar-refractivity contribution in [1.82, 2.24) is 0 Å². The topological polar surface area (TPSA) is 9.23 Å². The Morgan fingerprint density at radius 1 is 1.00 bits per heavy atom. The van der Waals surface area contributed by atoms with Crippen LogP contribution in [0.1, 0.15) is 11.1 Å². The van der Waals surface area contributed by atoms with Crippen LogP contribution < -0.4 is 4.74 Å². The maximum absolute atomic E-state index is 13.3. The van der Waals surface area contributed by atoms with Crippen molar-refractivity contribution in [2.45, 2.75) is 13.5 Å². The molecule has 0 aliphatic rings. The zero-order chi connectivity index (χ0) is 12.3. The summed E-state index contributed by atoms with van der Waals surface area (Å²) in [6, 6.07) is 11.1. The molecule has 0 bridgehead atoms. The minimum Gasteiger partial charge on any atom is -0.489 e. The fraction of sp³-hybridized carbons (Fsp3) is 0.143. The predicted molar refractivity (Wildman–Crippen MR) is 61.9 cm³/mol. The lowest BCUT2D eigenvalue weighted by atomic mass is 10.2. The highest BCUT2D eigenvalue weighted by molar-refractivity contribution is 5.28. The fourth-order valence-corrected chi connectivity index (χ4v) is 1.53. The smallest absolute Gasteiger partial charge is 0.132 e. The lowest BCUT2D eigenvalue weighted by Crippen LogP contribution is -2.01. The van der Waals surface area contributed by atoms with Gasteiger partial charge in [0.25, 0.3) is 0 Å². The fourth-order valence-electron chi connectivity index (χ4n) is 1.53. The number of halogens is 2. The lowest BCUT2D eigenvalue weighted by Gasteiger charge is -2.08. The summed E-state index contributed by atoms with van der Waals surface area (Å²) in [6.45, 7) is 1.82. The van der Waals surface area contributed by atoms with Crippen molar-refractivity contribution in [3.8, 4) is 5.75 Å². The van der Waals surface area contributed by atoms with Gasteiger partial charge in [0.2, 0.25) is 0 Å². The second-order valence-corrected chi connectivity index (χ2v) is 3.81. The van der Waals surface area contributed by atoms with Crippen LogP contribution in [-0.2, 0) is 6.61 Å². The van der Waals surface area contributed by atoms with Gasteiger partial charge in [-0.15, -0.1) is 0 Å². The van der Waals surface area contributed by atoms with Gasteiger partial charge in [0.15, 0.2) is 0 Å². The molecule has 0 saturated heterocycles. The summed E-state index contributed by atoms with van der Waals surface area (Å²) in [5.41, 5.74) is 0.991. The molecule has 0 atom stereocenters. The van der Waals surface area contributed by atoms with Gasteiger partial charge in [-0.25, -0.2) is 8.78 Å². The molecular weight excluding hydrogens is 222 g/mol. The number of ether oxygens (including phenoxy) is 1. The molecule has 0 fully saturated rings. The third kappa shape index (κ3) is 2.81. The molecule has 88 valence electrons. The molecule has 3 heteroatoms. The first-order chi connectivity index (χ1) is 8.16. The van der Waals surface area contributed by atoms with Gasteiger partial charge in [0, 0.05) is 0 Å². The van der Waals surface area contributed by atoms with E-state index < -0.39 is 11.6 Å². The molecule has 0 aliphatic carbocycles. The maximum Gasteiger partial charge on any atom is 0.132 e. The summed E-state index contributed by atoms with van der Waals surface area (Å²) < 4.78 is 32.0. The van der Waals surface area contributed by atoms with Crippen LogP contribution in [0.15, 0.2) is 42.5 Å². The molecule has 2 rings (SSSR count). The number of benzene rings is 2. The molecule has 17 heavy (non-hydrogen) atoms. The van der Waals surface area contributed by atoms with Crippen molar-refractivity contribution in [3.63, 3.8) is 0 Å². The van der Waals surface area contributed by atoms with Crippen LogP contribution >= 0.6 is 0 Å². The Labute approximate surface area is 98.7 Å². The first kappa shape index (κ1) is 11.6. The molecule has 0 amide bonds. The second kappa shape index (κ2) is 4.95. The van der Waals surface area contributed by atoms with Crippen molar-refractivity contribution < 1.29 is 13.5 Å². The van der Waals surface area contributed by atoms with Crippen LogP contribution in [0.3, 0.4) is 0 Å². The Hall–Kier alpha value is -1.90. The van der Waals surface area contributed by atoms with Crippen molar-refractivity contribution in [3.05, 3.63) is 65.2 Å². The summed E-state index contributed by atoms with van der Waals surface area (Å²) in [5.74, 6) is -0.567. The third-order valence-electron chi connectivity index (χ3n) is 2.43. The highest BCUT2D eigenvalue weighted by Gasteiger charge is 2.08. The average molecular weight is 234 g/mol. The number of hydrogen-bond acceptors (Lipinski definition) is 1. The molecule has 0 heterocycles. The Morgan fingerprint density at radius 3 is 2.29 bits per heavy atom. The molecule has 0 spiro atoms. The van der Waals surface area contributed by atoms with Gasteiger partial charge in [-0.1, -0.05) is 18.2 Å². The zero-order valence-corrected chi connectivity index (χ0v) is 9.41. The Balaban J connectivity index is 2.13. The van der Waals surface area contributed by atoms with Crippen LogP contribution in [0.25, 0.3) is 0 Å². The van der Waals surface area contributed by atoms with Gasteiger partial charge >= 0.3 is 0 Å². The van der Waals surface area contributed by atoms with E-state index in [2.05, 4.69) is 0 Å². The lowest BCUT2D eigenvalue weighted by molar-refractivity contribution is 0.292. The Kier molecular flexibility index (Phi) is 3.38. The van der Waals surface area contributed by atoms with Gasteiger partial charge in [0.05, 0.1) is 5.56 Å². The van der Waals surface area contributed by atoms with Gasteiger partial charge in [0.1, 0.15) is 24.0 Å². The van der Waals surface area contributed by atoms with Crippen molar-refractivity contribution in [1.29, 1.82) is 0 Å². The summed E-state index contributed by atoms with van der Waals surface area (Å²) >= 11 is 0. The van der Waals surface area contributed by atoms with Crippen LogP contribution in [-0.4, -0.2) is 0 Å². The Bertz CT molecular complexity index is 503. The summed E-state index contributed by atoms with van der Waals surface area (Å²) in [4.78, 5) is 0. The summed E-state index contributed by atoms with van der Waals surface area (Å²) in [6.07, 6.45) is 0. The molecule has 2 aromatic rings. The first-order valence-electron chi connectivity index (χ1n) is 5.29. The standard InChI is InChI=1S/C14H12F2O/c1-10-4-2-5-11(8-10)17-9-12-13(15)6-3-7-14(12)16/h2-8H,9H2,1H3. The van der Waals surface area contributed by atoms with E-state index in [1.165, 1.54) is 18.2 Å². The highest BCUT2D eigenvalue weighted by Crippen LogP contribution is 2.17. The van der Waals surface area contributed by atoms with Gasteiger partial charge in [-0.05, 0) is 36.8 Å². The SMILES string of the molecule is Cc1cccc(OCc2c(F)cccc2F)c1. The van der Waals surface area contributed by atoms with E-state index in [1.54, 1.807) is 6.07 Å². The monoisotopic (exact) mass is 234 g/mol. The quantitative estimate of drug-likeness (QED) is 0.783. The largest absolute Gasteiger partial charge is 0.489 e. The molecule has 0 aliphatic heterocycles. The van der Waals surface area contributed by atoms with Crippen LogP contribution in [0, 0.1) is 18.6 Å². The zero-order valence-electron chi connectivity index (χ0n) is 9.41. The molecule has 0 radical (unpaired) electrons. The first-order valence-corrected chi connectivity index (χ1v) is 5.29. The molecule has 0 aromatic heterocycles. The minimum atomic E-state index is -0.586. The number of hydrogen-bond donors (Lipinski definition) is 0. The van der Waals surface area contributed by atoms with E-state index in [0.717, 1.165) is 5.56 Å². The van der Waals surface area contributed by atoms with E-state index in [4.69, 9.17) is 4.74 Å². The summed E-state index contributed by atoms with van der Waals surface area (Å²) in [7, 11) is 0. The van der Waals surface area contributed by atoms with E-state index in [1.807, 2.05) is 25.1 Å². The molecule has 2 aromatic carbocycles. The highest BCUT2D eigenvalue weighted by atomic mass is 19.1. The Morgan fingerprint density at radius 2 is 1.65 bits per heavy atom. The van der Waals surface area contributed by atoms with E-state index in [-0.39, 0.29) is 12.2 Å². The van der Waals surface area contributed by atoms with E-state index in [9.17, 15) is 8.78 Å². The van der Waals surface area contributed by atoms with Gasteiger partial charge in [-0.3, -0.25) is 0 Å². The molecular formula is C14H12F2O. The molecule has 0 N–H and O–H groups in total. The van der Waals surface area contributed by atoms with Gasteiger partial charge < -0.3 is 4.74 Å². The van der Waals surface area contributed by atoms with Crippen molar-refractivity contribution in [2.75, 3.05) is 0 Å². The van der Waals surface area contributed by atoms with Crippen LogP contribution in [0.4, 0.5) is 8.78 Å². The molecule has 1 nitrogen and oxygen atoms in total. The van der Waals surface area contributed by atoms with Crippen molar-refractivity contribution in [2.24, 2.45) is 0 Å². The minimum absolute atomic E-state index is 0.0472. The van der Waals surface area contributed by atoms with Crippen molar-refractivity contribution >= 4 is 0 Å². The molecule has 0 unspecified atom stereocenters. The normalized spacial score (nSPS) is 10.3. The van der Waals surface area contributed by atoms with Gasteiger partial charge in [-0.2, -0.15) is 0 Å². The third-order valence-corrected chi connectivity index (χ3v) is 2.43. The maximum atomic E-state index is 13.3. The predicted octanol–water partition coefficient (Wildman–Crippen LogP) is 3.85. The number of aryl methyl sites for hydroxylation is 1. The second-order valence-electron chi connectivity index (χ2n) is 3.81. The summed E-state index contributed by atoms with van der Waals surface area (Å²) in [5, 5.41) is 0. The van der Waals surface area contributed by atoms with E-state index in [0.29, 0.717) is 5.75 Å². The van der Waals surface area contributed by atoms with Crippen LogP contribution in [0.2, 0.25) is 0 Å². The number of rotatable bonds is 3. The molecule has 0 saturated carbocycles. The van der Waals surface area contributed by atoms with Crippen LogP contribution in [0.5, 0.6) is 5.75 Å².